The minimum atomic E-state index is 0.155. The first kappa shape index (κ1) is 5.29. The van der Waals surface area contributed by atoms with Crippen LogP contribution in [0.25, 0.3) is 0 Å². The van der Waals surface area contributed by atoms with E-state index in [1.807, 2.05) is 6.08 Å². The first-order valence-corrected chi connectivity index (χ1v) is 2.57. The molecule has 42 valence electrons. The van der Waals surface area contributed by atoms with E-state index >= 15 is 0 Å². The molecule has 1 N–H and O–H groups in total. The summed E-state index contributed by atoms with van der Waals surface area (Å²) in [7, 11) is 0. The highest BCUT2D eigenvalue weighted by Gasteiger charge is 1.99. The van der Waals surface area contributed by atoms with E-state index in [1.54, 1.807) is 12.4 Å². The van der Waals surface area contributed by atoms with Gasteiger partial charge in [-0.2, -0.15) is 0 Å². The summed E-state index contributed by atoms with van der Waals surface area (Å²) in [5.74, 6) is 0. The van der Waals surface area contributed by atoms with Gasteiger partial charge in [0.05, 0.1) is 13.0 Å². The van der Waals surface area contributed by atoms with Crippen molar-refractivity contribution < 1.29 is 5.11 Å². The van der Waals surface area contributed by atoms with Crippen LogP contribution in [0.2, 0.25) is 0 Å². The predicted octanol–water partition coefficient (Wildman–Crippen LogP) is -0.482. The Morgan fingerprint density at radius 2 is 2.62 bits per heavy atom. The molecule has 0 aromatic carbocycles. The fourth-order valence-electron chi connectivity index (χ4n) is 0.565. The molecule has 8 heavy (non-hydrogen) atoms. The van der Waals surface area contributed by atoms with Crippen LogP contribution in [0.15, 0.2) is 11.6 Å². The number of hydrogen-bond acceptors (Lipinski definition) is 1. The summed E-state index contributed by atoms with van der Waals surface area (Å²) >= 11 is 0. The second-order valence-electron chi connectivity index (χ2n) is 1.67. The quantitative estimate of drug-likeness (QED) is 0.454. The summed E-state index contributed by atoms with van der Waals surface area (Å²) in [4.78, 5) is 0. The van der Waals surface area contributed by atoms with Gasteiger partial charge in [-0.1, -0.05) is 0 Å². The number of rotatable bonds is 1. The fraction of sp³-hybridized carbons (Fsp3) is 0.333. The van der Waals surface area contributed by atoms with Gasteiger partial charge in [0.15, 0.2) is 0 Å². The number of aliphatic hydroxyl groups excluding tert-OH is 1. The summed E-state index contributed by atoms with van der Waals surface area (Å²) in [6.45, 7) is 0.155. The number of aliphatic hydroxyl groups is 1. The highest BCUT2D eigenvalue weighted by atomic mass is 16.3. The van der Waals surface area contributed by atoms with E-state index < -0.39 is 0 Å². The lowest BCUT2D eigenvalue weighted by molar-refractivity contribution is 0.330. The molecule has 1 aliphatic heterocycles. The lowest BCUT2D eigenvalue weighted by Crippen LogP contribution is -1.98. The van der Waals surface area contributed by atoms with Crippen LogP contribution in [0, 0.1) is 0 Å². The third-order valence-corrected chi connectivity index (χ3v) is 1.06. The standard InChI is InChI=1S/C6H8NO/c8-5-6-1-3-7-4-2-6/h1,3-4,8H,2,5H2/q+1. The van der Waals surface area contributed by atoms with Crippen LogP contribution in [-0.4, -0.2) is 24.1 Å². The molecule has 1 aliphatic rings. The Morgan fingerprint density at radius 1 is 1.75 bits per heavy atom. The largest absolute Gasteiger partial charge is 0.392 e. The van der Waals surface area contributed by atoms with Crippen molar-refractivity contribution in [3.8, 4) is 0 Å². The van der Waals surface area contributed by atoms with Gasteiger partial charge >= 0.3 is 0 Å². The van der Waals surface area contributed by atoms with Crippen molar-refractivity contribution in [3.05, 3.63) is 11.6 Å². The van der Waals surface area contributed by atoms with Crippen LogP contribution in [0.4, 0.5) is 0 Å². The Morgan fingerprint density at radius 3 is 3.00 bits per heavy atom. The van der Waals surface area contributed by atoms with Gasteiger partial charge in [0, 0.05) is 6.08 Å². The normalized spacial score (nSPS) is 16.4. The molecule has 0 saturated heterocycles. The molecule has 0 amide bonds. The zero-order valence-corrected chi connectivity index (χ0v) is 4.54. The minimum Gasteiger partial charge on any atom is -0.392 e. The van der Waals surface area contributed by atoms with Gasteiger partial charge in [-0.3, -0.25) is 0 Å². The van der Waals surface area contributed by atoms with E-state index in [4.69, 9.17) is 5.11 Å². The van der Waals surface area contributed by atoms with Gasteiger partial charge in [-0.05, 0) is 5.57 Å². The zero-order chi connectivity index (χ0) is 5.82. The molecule has 0 saturated carbocycles. The molecule has 2 heteroatoms. The van der Waals surface area contributed by atoms with E-state index in [-0.39, 0.29) is 6.61 Å². The molecular weight excluding hydrogens is 102 g/mol. The van der Waals surface area contributed by atoms with Crippen molar-refractivity contribution >= 4 is 12.4 Å². The van der Waals surface area contributed by atoms with E-state index in [1.165, 1.54) is 0 Å². The number of nitrogens with zero attached hydrogens (tertiary/aromatic N) is 1. The SMILES string of the molecule is OCC1=CC=[N+]=CC1. The number of allylic oxidation sites excluding steroid dienone is 1. The molecular formula is C6H8NO+. The van der Waals surface area contributed by atoms with Crippen LogP contribution in [0.1, 0.15) is 6.42 Å². The number of hydrogen-bond donors (Lipinski definition) is 1. The first-order chi connectivity index (χ1) is 3.93. The third kappa shape index (κ3) is 1.06. The second kappa shape index (κ2) is 2.46. The topological polar surface area (TPSA) is 34.3 Å². The van der Waals surface area contributed by atoms with E-state index in [0.717, 1.165) is 12.0 Å². The molecule has 0 aromatic rings. The summed E-state index contributed by atoms with van der Waals surface area (Å²) in [6, 6.07) is 0. The fourth-order valence-corrected chi connectivity index (χ4v) is 0.565. The van der Waals surface area contributed by atoms with Gasteiger partial charge in [-0.15, -0.1) is 4.67 Å². The molecule has 0 atom stereocenters. The maximum Gasteiger partial charge on any atom is 0.292 e. The van der Waals surface area contributed by atoms with Crippen molar-refractivity contribution in [2.24, 2.45) is 0 Å². The van der Waals surface area contributed by atoms with Crippen LogP contribution in [0.3, 0.4) is 0 Å². The van der Waals surface area contributed by atoms with Gasteiger partial charge < -0.3 is 5.11 Å². The Bertz CT molecular complexity index is 163. The van der Waals surface area contributed by atoms with Crippen molar-refractivity contribution in [1.82, 2.24) is 4.67 Å². The molecule has 0 unspecified atom stereocenters. The lowest BCUT2D eigenvalue weighted by atomic mass is 10.2. The molecule has 1 heterocycles. The molecule has 0 radical (unpaired) electrons. The molecule has 0 aromatic heterocycles. The van der Waals surface area contributed by atoms with Crippen LogP contribution in [-0.2, 0) is 0 Å². The van der Waals surface area contributed by atoms with Gasteiger partial charge in [0.2, 0.25) is 0 Å². The van der Waals surface area contributed by atoms with Crippen LogP contribution >= 0.6 is 0 Å². The van der Waals surface area contributed by atoms with Crippen molar-refractivity contribution in [2.75, 3.05) is 6.61 Å². The average Bonchev–Trinajstić information content (AvgIpc) is 1.90. The summed E-state index contributed by atoms with van der Waals surface area (Å²) in [5.41, 5.74) is 1.03. The predicted molar refractivity (Wildman–Crippen MR) is 34.0 cm³/mol. The lowest BCUT2D eigenvalue weighted by Gasteiger charge is -1.90. The van der Waals surface area contributed by atoms with Crippen molar-refractivity contribution in [1.29, 1.82) is 0 Å². The smallest absolute Gasteiger partial charge is 0.292 e. The summed E-state index contributed by atoms with van der Waals surface area (Å²) in [5, 5.41) is 8.54. The van der Waals surface area contributed by atoms with Crippen molar-refractivity contribution in [2.45, 2.75) is 6.42 Å². The molecule has 1 rings (SSSR count). The van der Waals surface area contributed by atoms with Gasteiger partial charge in [0.1, 0.15) is 0 Å². The Kier molecular flexibility index (Phi) is 1.62. The highest BCUT2D eigenvalue weighted by Crippen LogP contribution is 1.95. The summed E-state index contributed by atoms with van der Waals surface area (Å²) in [6.07, 6.45) is 6.10. The minimum absolute atomic E-state index is 0.155. The van der Waals surface area contributed by atoms with Crippen LogP contribution < -0.4 is 4.67 Å². The maximum absolute atomic E-state index is 8.54. The third-order valence-electron chi connectivity index (χ3n) is 1.06. The molecule has 0 bridgehead atoms. The Hall–Kier alpha value is -0.850. The summed E-state index contributed by atoms with van der Waals surface area (Å²) < 4.78 is 3.84. The zero-order valence-electron chi connectivity index (χ0n) is 4.54. The monoisotopic (exact) mass is 110 g/mol. The van der Waals surface area contributed by atoms with E-state index in [2.05, 4.69) is 4.67 Å². The van der Waals surface area contributed by atoms with Gasteiger partial charge in [0.25, 0.3) is 12.4 Å². The van der Waals surface area contributed by atoms with Gasteiger partial charge in [-0.25, -0.2) is 0 Å². The molecule has 2 nitrogen and oxygen atoms in total. The Labute approximate surface area is 47.9 Å². The maximum atomic E-state index is 8.54. The van der Waals surface area contributed by atoms with E-state index in [0.29, 0.717) is 0 Å². The average molecular weight is 110 g/mol. The first-order valence-electron chi connectivity index (χ1n) is 2.57. The second-order valence-corrected chi connectivity index (χ2v) is 1.67. The molecule has 0 fully saturated rings. The van der Waals surface area contributed by atoms with E-state index in [9.17, 15) is 0 Å². The van der Waals surface area contributed by atoms with Crippen LogP contribution in [0.5, 0.6) is 0 Å². The van der Waals surface area contributed by atoms with Crippen molar-refractivity contribution in [3.63, 3.8) is 0 Å². The molecule has 0 aliphatic carbocycles. The Balaban J connectivity index is 2.63. The highest BCUT2D eigenvalue weighted by molar-refractivity contribution is 5.80. The molecule has 0 spiro atoms.